The summed E-state index contributed by atoms with van der Waals surface area (Å²) in [6.45, 7) is 1.90. The zero-order valence-electron chi connectivity index (χ0n) is 7.98. The molecule has 72 valence electrons. The molecular weight excluding hydrogens is 180 g/mol. The van der Waals surface area contributed by atoms with Crippen molar-refractivity contribution >= 4 is 16.9 Å². The first-order chi connectivity index (χ1) is 6.59. The Labute approximate surface area is 80.5 Å². The maximum absolute atomic E-state index is 11.0. The molecule has 0 aliphatic rings. The van der Waals surface area contributed by atoms with Gasteiger partial charge in [0, 0.05) is 12.4 Å². The van der Waals surface area contributed by atoms with Crippen LogP contribution in [0.5, 0.6) is 0 Å². The van der Waals surface area contributed by atoms with E-state index in [2.05, 4.69) is 10.1 Å². The number of aromatic nitrogens is 3. The largest absolute Gasteiger partial charge is 0.364 e. The van der Waals surface area contributed by atoms with Crippen molar-refractivity contribution in [1.29, 1.82) is 0 Å². The number of hydrogen-bond acceptors (Lipinski definition) is 3. The number of amides is 1. The molecule has 1 amide bonds. The Bertz CT molecular complexity index is 515. The highest BCUT2D eigenvalue weighted by atomic mass is 16.1. The predicted molar refractivity (Wildman–Crippen MR) is 51.8 cm³/mol. The van der Waals surface area contributed by atoms with Gasteiger partial charge in [-0.25, -0.2) is 4.98 Å². The highest BCUT2D eigenvalue weighted by molar-refractivity contribution is 5.94. The average molecular weight is 190 g/mol. The number of nitrogens with zero attached hydrogens (tertiary/aromatic N) is 3. The standard InChI is InChI=1S/C9H10N4O/c1-5-3-7(8(10)14)12-9-6(5)4-11-13(9)2/h3-4H,1-2H3,(H2,10,14). The quantitative estimate of drug-likeness (QED) is 0.706. The lowest BCUT2D eigenvalue weighted by Gasteiger charge is -2.00. The monoisotopic (exact) mass is 190 g/mol. The normalized spacial score (nSPS) is 10.7. The molecule has 0 fully saturated rings. The molecule has 0 unspecified atom stereocenters. The Hall–Kier alpha value is -1.91. The molecule has 0 saturated heterocycles. The fraction of sp³-hybridized carbons (Fsp3) is 0.222. The van der Waals surface area contributed by atoms with Crippen molar-refractivity contribution in [2.45, 2.75) is 6.92 Å². The number of carbonyl (C=O) groups excluding carboxylic acids is 1. The second kappa shape index (κ2) is 2.80. The molecule has 0 saturated carbocycles. The summed E-state index contributed by atoms with van der Waals surface area (Å²) < 4.78 is 1.62. The fourth-order valence-electron chi connectivity index (χ4n) is 1.40. The van der Waals surface area contributed by atoms with Crippen LogP contribution in [-0.4, -0.2) is 20.7 Å². The van der Waals surface area contributed by atoms with Gasteiger partial charge in [0.05, 0.1) is 6.20 Å². The number of rotatable bonds is 1. The molecule has 2 aromatic rings. The SMILES string of the molecule is Cc1cc(C(N)=O)nc2c1cnn2C. The van der Waals surface area contributed by atoms with Gasteiger partial charge in [0.15, 0.2) is 5.65 Å². The molecule has 0 atom stereocenters. The van der Waals surface area contributed by atoms with Crippen LogP contribution >= 0.6 is 0 Å². The summed E-state index contributed by atoms with van der Waals surface area (Å²) in [6.07, 6.45) is 1.72. The van der Waals surface area contributed by atoms with Crippen molar-refractivity contribution in [3.8, 4) is 0 Å². The van der Waals surface area contributed by atoms with E-state index >= 15 is 0 Å². The predicted octanol–water partition coefficient (Wildman–Crippen LogP) is 0.376. The highest BCUT2D eigenvalue weighted by Crippen LogP contribution is 2.16. The first-order valence-electron chi connectivity index (χ1n) is 4.19. The molecule has 14 heavy (non-hydrogen) atoms. The third-order valence-corrected chi connectivity index (χ3v) is 2.16. The lowest BCUT2D eigenvalue weighted by Crippen LogP contribution is -2.13. The van der Waals surface area contributed by atoms with Gasteiger partial charge in [0.1, 0.15) is 5.69 Å². The number of nitrogens with two attached hydrogens (primary N) is 1. The van der Waals surface area contributed by atoms with Gasteiger partial charge in [-0.05, 0) is 18.6 Å². The smallest absolute Gasteiger partial charge is 0.267 e. The van der Waals surface area contributed by atoms with Crippen LogP contribution < -0.4 is 5.73 Å². The van der Waals surface area contributed by atoms with Crippen LogP contribution in [-0.2, 0) is 7.05 Å². The van der Waals surface area contributed by atoms with Gasteiger partial charge in [0.25, 0.3) is 5.91 Å². The van der Waals surface area contributed by atoms with E-state index in [0.29, 0.717) is 5.65 Å². The molecule has 0 aromatic carbocycles. The van der Waals surface area contributed by atoms with Crippen LogP contribution in [0.1, 0.15) is 16.1 Å². The summed E-state index contributed by atoms with van der Waals surface area (Å²) in [5, 5.41) is 5.00. The number of pyridine rings is 1. The Morgan fingerprint density at radius 2 is 2.29 bits per heavy atom. The number of carbonyl (C=O) groups is 1. The summed E-state index contributed by atoms with van der Waals surface area (Å²) in [5.41, 5.74) is 7.07. The minimum Gasteiger partial charge on any atom is -0.364 e. The Morgan fingerprint density at radius 1 is 1.57 bits per heavy atom. The van der Waals surface area contributed by atoms with Crippen LogP contribution in [0.25, 0.3) is 11.0 Å². The zero-order valence-corrected chi connectivity index (χ0v) is 7.98. The van der Waals surface area contributed by atoms with Crippen LogP contribution in [0.2, 0.25) is 0 Å². The van der Waals surface area contributed by atoms with Crippen LogP contribution in [0.3, 0.4) is 0 Å². The van der Waals surface area contributed by atoms with Crippen LogP contribution in [0.4, 0.5) is 0 Å². The molecule has 2 aromatic heterocycles. The number of primary amides is 1. The Morgan fingerprint density at radius 3 is 2.93 bits per heavy atom. The van der Waals surface area contributed by atoms with Crippen LogP contribution in [0, 0.1) is 6.92 Å². The van der Waals surface area contributed by atoms with Gasteiger partial charge >= 0.3 is 0 Å². The summed E-state index contributed by atoms with van der Waals surface area (Å²) in [6, 6.07) is 1.67. The van der Waals surface area contributed by atoms with E-state index < -0.39 is 5.91 Å². The molecule has 5 heteroatoms. The Kier molecular flexibility index (Phi) is 1.73. The van der Waals surface area contributed by atoms with E-state index in [0.717, 1.165) is 10.9 Å². The molecule has 2 rings (SSSR count). The average Bonchev–Trinajstić information content (AvgIpc) is 2.48. The van der Waals surface area contributed by atoms with E-state index in [-0.39, 0.29) is 5.69 Å². The maximum Gasteiger partial charge on any atom is 0.267 e. The van der Waals surface area contributed by atoms with E-state index in [4.69, 9.17) is 5.73 Å². The van der Waals surface area contributed by atoms with Crippen molar-refractivity contribution in [3.05, 3.63) is 23.5 Å². The van der Waals surface area contributed by atoms with Gasteiger partial charge in [0.2, 0.25) is 0 Å². The van der Waals surface area contributed by atoms with Crippen molar-refractivity contribution in [2.75, 3.05) is 0 Å². The van der Waals surface area contributed by atoms with Gasteiger partial charge in [-0.1, -0.05) is 0 Å². The summed E-state index contributed by atoms with van der Waals surface area (Å²) in [5.74, 6) is -0.517. The van der Waals surface area contributed by atoms with E-state index in [9.17, 15) is 4.79 Å². The second-order valence-electron chi connectivity index (χ2n) is 3.19. The molecule has 5 nitrogen and oxygen atoms in total. The number of fused-ring (bicyclic) bond motifs is 1. The maximum atomic E-state index is 11.0. The topological polar surface area (TPSA) is 73.8 Å². The van der Waals surface area contributed by atoms with Gasteiger partial charge in [-0.3, -0.25) is 9.48 Å². The van der Waals surface area contributed by atoms with Gasteiger partial charge < -0.3 is 5.73 Å². The number of hydrogen-bond donors (Lipinski definition) is 1. The molecule has 0 bridgehead atoms. The van der Waals surface area contributed by atoms with Crippen molar-refractivity contribution < 1.29 is 4.79 Å². The summed E-state index contributed by atoms with van der Waals surface area (Å²) >= 11 is 0. The lowest BCUT2D eigenvalue weighted by atomic mass is 10.2. The number of aryl methyl sites for hydroxylation is 2. The first kappa shape index (κ1) is 8.68. The van der Waals surface area contributed by atoms with Crippen molar-refractivity contribution in [2.24, 2.45) is 12.8 Å². The molecule has 2 heterocycles. The van der Waals surface area contributed by atoms with Crippen LogP contribution in [0.15, 0.2) is 12.3 Å². The van der Waals surface area contributed by atoms with E-state index in [1.54, 1.807) is 24.0 Å². The summed E-state index contributed by atoms with van der Waals surface area (Å²) in [7, 11) is 1.78. The van der Waals surface area contributed by atoms with Crippen molar-refractivity contribution in [3.63, 3.8) is 0 Å². The third-order valence-electron chi connectivity index (χ3n) is 2.16. The first-order valence-corrected chi connectivity index (χ1v) is 4.19. The summed E-state index contributed by atoms with van der Waals surface area (Å²) in [4.78, 5) is 15.1. The van der Waals surface area contributed by atoms with E-state index in [1.165, 1.54) is 0 Å². The minimum absolute atomic E-state index is 0.276. The molecule has 0 aliphatic heterocycles. The molecule has 0 radical (unpaired) electrons. The zero-order chi connectivity index (χ0) is 10.3. The van der Waals surface area contributed by atoms with Gasteiger partial charge in [-0.2, -0.15) is 5.10 Å². The highest BCUT2D eigenvalue weighted by Gasteiger charge is 2.09. The molecule has 2 N–H and O–H groups in total. The van der Waals surface area contributed by atoms with Gasteiger partial charge in [-0.15, -0.1) is 0 Å². The Balaban J connectivity index is 2.82. The fourth-order valence-corrected chi connectivity index (χ4v) is 1.40. The molecule has 0 aliphatic carbocycles. The third kappa shape index (κ3) is 1.14. The van der Waals surface area contributed by atoms with E-state index in [1.807, 2.05) is 6.92 Å². The minimum atomic E-state index is -0.517. The lowest BCUT2D eigenvalue weighted by molar-refractivity contribution is 0.0996. The van der Waals surface area contributed by atoms with Crippen molar-refractivity contribution in [1.82, 2.24) is 14.8 Å². The second-order valence-corrected chi connectivity index (χ2v) is 3.19. The molecular formula is C9H10N4O. The molecule has 0 spiro atoms.